The van der Waals surface area contributed by atoms with E-state index in [1.165, 1.54) is 0 Å². The molecule has 2 unspecified atom stereocenters. The van der Waals surface area contributed by atoms with Crippen molar-refractivity contribution in [2.75, 3.05) is 31.4 Å². The van der Waals surface area contributed by atoms with Gasteiger partial charge < -0.3 is 34.4 Å². The lowest BCUT2D eigenvalue weighted by molar-refractivity contribution is -0.110. The van der Waals surface area contributed by atoms with Gasteiger partial charge in [0, 0.05) is 42.3 Å². The molecule has 1 amide bonds. The number of carbonyl (C=O) groups is 1. The highest BCUT2D eigenvalue weighted by atomic mass is 32.2. The van der Waals surface area contributed by atoms with Crippen LogP contribution in [0.1, 0.15) is 18.6 Å². The second kappa shape index (κ2) is 16.0. The number of amides is 1. The summed E-state index contributed by atoms with van der Waals surface area (Å²) in [5, 5.41) is 13.4. The second-order valence-electron chi connectivity index (χ2n) is 8.50. The van der Waals surface area contributed by atoms with Crippen molar-refractivity contribution in [3.05, 3.63) is 78.8 Å². The van der Waals surface area contributed by atoms with E-state index in [0.717, 1.165) is 48.8 Å². The molecule has 4 N–H and O–H groups in total. The molecule has 0 radical (unpaired) electrons. The maximum Gasteiger partial charge on any atom is 0.207 e. The molecule has 1 aliphatic carbocycles. The number of hydrogen-bond donors (Lipinski definition) is 4. The first-order valence-corrected chi connectivity index (χ1v) is 13.5. The second-order valence-corrected chi connectivity index (χ2v) is 9.54. The lowest BCUT2D eigenvalue weighted by Gasteiger charge is -2.24. The molecular formula is C29H35N5O5S. The van der Waals surface area contributed by atoms with Gasteiger partial charge in [-0.3, -0.25) is 4.79 Å². The zero-order chi connectivity index (χ0) is 28.7. The average molecular weight is 566 g/mol. The van der Waals surface area contributed by atoms with Crippen LogP contribution in [0.4, 0.5) is 17.3 Å². The number of methoxy groups -OCH3 is 2. The number of anilines is 3. The predicted octanol–water partition coefficient (Wildman–Crippen LogP) is 5.48. The van der Waals surface area contributed by atoms with Crippen molar-refractivity contribution < 1.29 is 23.8 Å². The number of furan rings is 1. The maximum absolute atomic E-state index is 10.8. The third kappa shape index (κ3) is 8.92. The molecule has 0 saturated carbocycles. The molecule has 0 aliphatic heterocycles. The first-order valence-electron chi connectivity index (χ1n) is 12.6. The van der Waals surface area contributed by atoms with Gasteiger partial charge in [-0.05, 0) is 56.0 Å². The number of para-hydroxylation sites is 2. The molecule has 212 valence electrons. The number of nitrogens with one attached hydrogen (secondary N) is 3. The van der Waals surface area contributed by atoms with Crippen LogP contribution in [0.15, 0.2) is 77.4 Å². The van der Waals surface area contributed by atoms with Gasteiger partial charge in [-0.1, -0.05) is 24.3 Å². The fraction of sp³-hybridized carbons (Fsp3) is 0.276. The fourth-order valence-corrected chi connectivity index (χ4v) is 4.76. The number of aliphatic hydroxyl groups is 1. The van der Waals surface area contributed by atoms with E-state index in [1.54, 1.807) is 32.4 Å². The molecule has 4 aromatic rings. The summed E-state index contributed by atoms with van der Waals surface area (Å²) in [5.41, 5.74) is 2.35. The van der Waals surface area contributed by atoms with Crippen molar-refractivity contribution in [1.29, 1.82) is 0 Å². The van der Waals surface area contributed by atoms with E-state index in [-0.39, 0.29) is 11.3 Å². The summed E-state index contributed by atoms with van der Waals surface area (Å²) < 4.78 is 19.0. The third-order valence-electron chi connectivity index (χ3n) is 5.75. The summed E-state index contributed by atoms with van der Waals surface area (Å²) in [4.78, 5) is 20.4. The van der Waals surface area contributed by atoms with Crippen molar-refractivity contribution in [1.82, 2.24) is 15.3 Å². The van der Waals surface area contributed by atoms with Gasteiger partial charge in [0.1, 0.15) is 17.3 Å². The molecule has 0 bridgehead atoms. The zero-order valence-electron chi connectivity index (χ0n) is 23.0. The predicted molar refractivity (Wildman–Crippen MR) is 160 cm³/mol. The average Bonchev–Trinajstić information content (AvgIpc) is 3.48. The molecule has 0 saturated heterocycles. The third-order valence-corrected chi connectivity index (χ3v) is 6.71. The number of aryl methyl sites for hydroxylation is 1. The lowest BCUT2D eigenvalue weighted by Crippen LogP contribution is -2.32. The summed E-state index contributed by atoms with van der Waals surface area (Å²) in [6.07, 6.45) is 8.35. The zero-order valence-corrected chi connectivity index (χ0v) is 23.8. The number of aliphatic hydroxyl groups excluding tert-OH is 1. The summed E-state index contributed by atoms with van der Waals surface area (Å²) in [6.45, 7) is 1.92. The molecule has 2 heterocycles. The van der Waals surface area contributed by atoms with E-state index in [9.17, 15) is 4.79 Å². The Morgan fingerprint density at radius 3 is 2.23 bits per heavy atom. The van der Waals surface area contributed by atoms with E-state index in [1.807, 2.05) is 61.5 Å². The lowest BCUT2D eigenvalue weighted by atomic mass is 10.0. The van der Waals surface area contributed by atoms with Crippen molar-refractivity contribution in [3.63, 3.8) is 0 Å². The number of aromatic nitrogens is 2. The number of nitrogens with zero attached hydrogens (tertiary/aromatic N) is 2. The number of ether oxygens (including phenoxy) is 2. The van der Waals surface area contributed by atoms with E-state index in [2.05, 4.69) is 27.5 Å². The SMILES string of the molecule is CO.COc1cc(Nc2nc3ccccc3nc2NSC2C=CCC(NC=O)C2)cc(OC)c1.Cc1ccco1. The van der Waals surface area contributed by atoms with Gasteiger partial charge in [0.2, 0.25) is 6.41 Å². The Bertz CT molecular complexity index is 1340. The smallest absolute Gasteiger partial charge is 0.207 e. The van der Waals surface area contributed by atoms with Crippen LogP contribution >= 0.6 is 11.9 Å². The van der Waals surface area contributed by atoms with Crippen molar-refractivity contribution in [2.45, 2.75) is 31.1 Å². The van der Waals surface area contributed by atoms with Crippen LogP contribution in [-0.2, 0) is 4.79 Å². The largest absolute Gasteiger partial charge is 0.497 e. The summed E-state index contributed by atoms with van der Waals surface area (Å²) in [5.74, 6) is 3.52. The Morgan fingerprint density at radius 2 is 1.68 bits per heavy atom. The molecule has 40 heavy (non-hydrogen) atoms. The van der Waals surface area contributed by atoms with E-state index in [0.29, 0.717) is 23.1 Å². The first-order chi connectivity index (χ1) is 19.6. The van der Waals surface area contributed by atoms with Gasteiger partial charge in [0.15, 0.2) is 11.6 Å². The molecule has 2 aromatic heterocycles. The summed E-state index contributed by atoms with van der Waals surface area (Å²) in [6, 6.07) is 17.2. The normalized spacial score (nSPS) is 15.5. The molecule has 11 heteroatoms. The van der Waals surface area contributed by atoms with Gasteiger partial charge in [-0.25, -0.2) is 9.97 Å². The maximum atomic E-state index is 10.8. The van der Waals surface area contributed by atoms with Crippen molar-refractivity contribution in [3.8, 4) is 11.5 Å². The van der Waals surface area contributed by atoms with Crippen LogP contribution in [0.3, 0.4) is 0 Å². The minimum absolute atomic E-state index is 0.140. The van der Waals surface area contributed by atoms with Crippen LogP contribution in [0.25, 0.3) is 11.0 Å². The van der Waals surface area contributed by atoms with Crippen LogP contribution in [-0.4, -0.2) is 54.1 Å². The quantitative estimate of drug-likeness (QED) is 0.118. The molecular weight excluding hydrogens is 530 g/mol. The number of hydrogen-bond acceptors (Lipinski definition) is 10. The van der Waals surface area contributed by atoms with Gasteiger partial charge in [-0.15, -0.1) is 0 Å². The molecule has 5 rings (SSSR count). The van der Waals surface area contributed by atoms with E-state index in [4.69, 9.17) is 29.0 Å². The van der Waals surface area contributed by atoms with Crippen molar-refractivity contribution >= 4 is 46.7 Å². The minimum atomic E-state index is 0.140. The first kappa shape index (κ1) is 30.3. The highest BCUT2D eigenvalue weighted by Gasteiger charge is 2.19. The Balaban J connectivity index is 0.000000481. The Kier molecular flexibility index (Phi) is 12.1. The van der Waals surface area contributed by atoms with Gasteiger partial charge in [-0.2, -0.15) is 0 Å². The van der Waals surface area contributed by atoms with Gasteiger partial charge >= 0.3 is 0 Å². The molecule has 10 nitrogen and oxygen atoms in total. The van der Waals surface area contributed by atoms with E-state index < -0.39 is 0 Å². The summed E-state index contributed by atoms with van der Waals surface area (Å²) >= 11 is 1.54. The summed E-state index contributed by atoms with van der Waals surface area (Å²) in [7, 11) is 4.23. The van der Waals surface area contributed by atoms with Crippen LogP contribution in [0.5, 0.6) is 11.5 Å². The fourth-order valence-electron chi connectivity index (χ4n) is 3.84. The Morgan fingerprint density at radius 1 is 1.00 bits per heavy atom. The highest BCUT2D eigenvalue weighted by molar-refractivity contribution is 8.01. The topological polar surface area (TPSA) is 131 Å². The van der Waals surface area contributed by atoms with Crippen molar-refractivity contribution in [2.24, 2.45) is 0 Å². The molecule has 0 fully saturated rings. The van der Waals surface area contributed by atoms with Gasteiger partial charge in [0.05, 0.1) is 31.5 Å². The number of rotatable bonds is 9. The number of benzene rings is 2. The highest BCUT2D eigenvalue weighted by Crippen LogP contribution is 2.33. The van der Waals surface area contributed by atoms with E-state index >= 15 is 0 Å². The van der Waals surface area contributed by atoms with Crippen LogP contribution in [0.2, 0.25) is 0 Å². The standard InChI is InChI=1S/C23H25N5O3S.C5H6O.CH4O/c1-30-17-10-16(11-18(13-17)31-2)25-22-23(27-21-9-4-3-8-20(21)26-22)28-32-19-7-5-6-15(12-19)24-14-29;1-5-3-2-4-6-5;1-2/h3-5,7-11,13-15,19H,6,12H2,1-2H3,(H,24,29)(H,25,26)(H,27,28);2-4H,1H3;2H,1H3. The van der Waals surface area contributed by atoms with Crippen LogP contribution in [0, 0.1) is 6.92 Å². The minimum Gasteiger partial charge on any atom is -0.497 e. The molecule has 2 aromatic carbocycles. The number of fused-ring (bicyclic) bond motifs is 1. The Labute approximate surface area is 238 Å². The van der Waals surface area contributed by atoms with Gasteiger partial charge in [0.25, 0.3) is 0 Å². The monoisotopic (exact) mass is 565 g/mol. The Hall–Kier alpha value is -4.22. The molecule has 0 spiro atoms. The number of carbonyl (C=O) groups excluding carboxylic acids is 1. The molecule has 2 atom stereocenters. The molecule has 1 aliphatic rings. The van der Waals surface area contributed by atoms with Crippen LogP contribution < -0.4 is 24.8 Å².